The molecule has 2 amide bonds. The van der Waals surface area contributed by atoms with Crippen LogP contribution in [0.4, 0.5) is 5.69 Å². The molecule has 0 unspecified atom stereocenters. The highest BCUT2D eigenvalue weighted by Gasteiger charge is 2.20. The molecule has 7 heteroatoms. The minimum Gasteiger partial charge on any atom is -0.378 e. The third kappa shape index (κ3) is 4.35. The number of carbonyl (C=O) groups excluding carboxylic acids is 2. The molecule has 1 aliphatic heterocycles. The Morgan fingerprint density at radius 1 is 1.27 bits per heavy atom. The van der Waals surface area contributed by atoms with Gasteiger partial charge in [0.25, 0.3) is 0 Å². The van der Waals surface area contributed by atoms with Gasteiger partial charge in [-0.2, -0.15) is 0 Å². The summed E-state index contributed by atoms with van der Waals surface area (Å²) < 4.78 is 5.22. The first-order chi connectivity index (χ1) is 10.5. The van der Waals surface area contributed by atoms with Crippen LogP contribution in [-0.4, -0.2) is 49.6 Å². The van der Waals surface area contributed by atoms with Gasteiger partial charge in [0, 0.05) is 38.0 Å². The topological polar surface area (TPSA) is 49.9 Å². The van der Waals surface area contributed by atoms with Crippen molar-refractivity contribution in [1.82, 2.24) is 4.90 Å². The van der Waals surface area contributed by atoms with Crippen molar-refractivity contribution in [3.05, 3.63) is 28.2 Å². The van der Waals surface area contributed by atoms with Gasteiger partial charge in [-0.1, -0.05) is 23.2 Å². The number of morpholine rings is 1. The minimum absolute atomic E-state index is 0.00713. The number of hydrogen-bond acceptors (Lipinski definition) is 3. The van der Waals surface area contributed by atoms with Crippen LogP contribution in [0, 0.1) is 0 Å². The summed E-state index contributed by atoms with van der Waals surface area (Å²) in [6.07, 6.45) is 0.239. The summed E-state index contributed by atoms with van der Waals surface area (Å²) >= 11 is 12.1. The maximum atomic E-state index is 12.2. The number of nitrogens with zero attached hydrogens (tertiary/aromatic N) is 2. The molecule has 22 heavy (non-hydrogen) atoms. The lowest BCUT2D eigenvalue weighted by Gasteiger charge is -2.28. The van der Waals surface area contributed by atoms with Gasteiger partial charge >= 0.3 is 0 Å². The van der Waals surface area contributed by atoms with Crippen molar-refractivity contribution in [2.45, 2.75) is 13.3 Å². The lowest BCUT2D eigenvalue weighted by Crippen LogP contribution is -2.42. The Morgan fingerprint density at radius 3 is 2.59 bits per heavy atom. The number of benzene rings is 1. The molecule has 0 spiro atoms. The molecule has 5 nitrogen and oxygen atoms in total. The monoisotopic (exact) mass is 344 g/mol. The average molecular weight is 345 g/mol. The molecule has 2 rings (SSSR count). The van der Waals surface area contributed by atoms with Crippen molar-refractivity contribution in [2.24, 2.45) is 0 Å². The van der Waals surface area contributed by atoms with Gasteiger partial charge in [0.15, 0.2) is 0 Å². The van der Waals surface area contributed by atoms with Crippen molar-refractivity contribution >= 4 is 40.7 Å². The fraction of sp³-hybridized carbons (Fsp3) is 0.467. The SMILES string of the molecule is CC(=O)N(CCC(=O)N1CCOCC1)c1cc(Cl)ccc1Cl. The Kier molecular flexibility index (Phi) is 6.06. The number of anilines is 1. The van der Waals surface area contributed by atoms with Crippen molar-refractivity contribution in [3.63, 3.8) is 0 Å². The van der Waals surface area contributed by atoms with Gasteiger partial charge in [0.1, 0.15) is 0 Å². The molecule has 0 radical (unpaired) electrons. The summed E-state index contributed by atoms with van der Waals surface area (Å²) in [7, 11) is 0. The van der Waals surface area contributed by atoms with Crippen LogP contribution in [0.25, 0.3) is 0 Å². The molecule has 0 atom stereocenters. The Morgan fingerprint density at radius 2 is 1.95 bits per heavy atom. The predicted molar refractivity (Wildman–Crippen MR) is 86.5 cm³/mol. The number of ether oxygens (including phenoxy) is 1. The zero-order chi connectivity index (χ0) is 16.1. The van der Waals surface area contributed by atoms with Gasteiger partial charge in [-0.25, -0.2) is 0 Å². The number of carbonyl (C=O) groups is 2. The summed E-state index contributed by atoms with van der Waals surface area (Å²) in [6.45, 7) is 4.01. The highest BCUT2D eigenvalue weighted by atomic mass is 35.5. The van der Waals surface area contributed by atoms with E-state index in [9.17, 15) is 9.59 Å². The van der Waals surface area contributed by atoms with E-state index in [1.54, 1.807) is 23.1 Å². The van der Waals surface area contributed by atoms with E-state index in [0.29, 0.717) is 42.0 Å². The molecule has 1 fully saturated rings. The van der Waals surface area contributed by atoms with Gasteiger partial charge in [-0.05, 0) is 18.2 Å². The number of amides is 2. The molecule has 0 saturated carbocycles. The van der Waals surface area contributed by atoms with Crippen LogP contribution in [0.5, 0.6) is 0 Å². The van der Waals surface area contributed by atoms with Crippen molar-refractivity contribution < 1.29 is 14.3 Å². The third-order valence-electron chi connectivity index (χ3n) is 3.49. The first-order valence-corrected chi connectivity index (χ1v) is 7.83. The van der Waals surface area contributed by atoms with E-state index in [1.807, 2.05) is 0 Å². The Bertz CT molecular complexity index is 560. The van der Waals surface area contributed by atoms with Crippen LogP contribution < -0.4 is 4.90 Å². The Labute approximate surface area is 139 Å². The highest BCUT2D eigenvalue weighted by molar-refractivity contribution is 6.35. The third-order valence-corrected chi connectivity index (χ3v) is 4.05. The van der Waals surface area contributed by atoms with E-state index in [2.05, 4.69) is 0 Å². The molecule has 0 bridgehead atoms. The first kappa shape index (κ1) is 17.1. The summed E-state index contributed by atoms with van der Waals surface area (Å²) in [5.74, 6) is -0.174. The van der Waals surface area contributed by atoms with Crippen LogP contribution in [0.2, 0.25) is 10.0 Å². The second kappa shape index (κ2) is 7.81. The molecule has 120 valence electrons. The highest BCUT2D eigenvalue weighted by Crippen LogP contribution is 2.29. The largest absolute Gasteiger partial charge is 0.378 e. The fourth-order valence-corrected chi connectivity index (χ4v) is 2.70. The number of halogens is 2. The van der Waals surface area contributed by atoms with Crippen LogP contribution >= 0.6 is 23.2 Å². The maximum Gasteiger partial charge on any atom is 0.224 e. The fourth-order valence-electron chi connectivity index (χ4n) is 2.32. The van der Waals surface area contributed by atoms with Crippen molar-refractivity contribution in [1.29, 1.82) is 0 Å². The molecule has 0 aliphatic carbocycles. The van der Waals surface area contributed by atoms with E-state index in [-0.39, 0.29) is 24.8 Å². The minimum atomic E-state index is -0.182. The van der Waals surface area contributed by atoms with Crippen LogP contribution in [-0.2, 0) is 14.3 Å². The molecule has 1 aliphatic rings. The van der Waals surface area contributed by atoms with Gasteiger partial charge in [0.05, 0.1) is 23.9 Å². The van der Waals surface area contributed by atoms with Crippen LogP contribution in [0.3, 0.4) is 0 Å². The van der Waals surface area contributed by atoms with E-state index in [0.717, 1.165) is 0 Å². The summed E-state index contributed by atoms with van der Waals surface area (Å²) in [4.78, 5) is 27.3. The van der Waals surface area contributed by atoms with E-state index in [1.165, 1.54) is 11.8 Å². The van der Waals surface area contributed by atoms with Gasteiger partial charge < -0.3 is 14.5 Å². The van der Waals surface area contributed by atoms with Crippen LogP contribution in [0.1, 0.15) is 13.3 Å². The molecule has 1 aromatic rings. The standard InChI is InChI=1S/C15H18Cl2N2O3/c1-11(20)19(14-10-12(16)2-3-13(14)17)5-4-15(21)18-6-8-22-9-7-18/h2-3,10H,4-9H2,1H3. The second-order valence-electron chi connectivity index (χ2n) is 5.01. The summed E-state index contributed by atoms with van der Waals surface area (Å²) in [5.41, 5.74) is 0.524. The molecular formula is C15H18Cl2N2O3. The summed E-state index contributed by atoms with van der Waals surface area (Å²) in [5, 5.41) is 0.920. The number of hydrogen-bond donors (Lipinski definition) is 0. The Balaban J connectivity index is 2.04. The van der Waals surface area contributed by atoms with Gasteiger partial charge in [0.2, 0.25) is 11.8 Å². The smallest absolute Gasteiger partial charge is 0.224 e. The molecular weight excluding hydrogens is 327 g/mol. The van der Waals surface area contributed by atoms with E-state index < -0.39 is 0 Å². The molecule has 0 aromatic heterocycles. The second-order valence-corrected chi connectivity index (χ2v) is 5.85. The molecule has 1 aromatic carbocycles. The van der Waals surface area contributed by atoms with E-state index >= 15 is 0 Å². The van der Waals surface area contributed by atoms with E-state index in [4.69, 9.17) is 27.9 Å². The maximum absolute atomic E-state index is 12.2. The zero-order valence-corrected chi connectivity index (χ0v) is 13.9. The summed E-state index contributed by atoms with van der Waals surface area (Å²) in [6, 6.07) is 4.92. The predicted octanol–water partition coefficient (Wildman–Crippen LogP) is 2.60. The average Bonchev–Trinajstić information content (AvgIpc) is 2.51. The van der Waals surface area contributed by atoms with Crippen molar-refractivity contribution in [2.75, 3.05) is 37.7 Å². The first-order valence-electron chi connectivity index (χ1n) is 7.07. The normalized spacial score (nSPS) is 14.8. The Hall–Kier alpha value is -1.30. The van der Waals surface area contributed by atoms with Crippen molar-refractivity contribution in [3.8, 4) is 0 Å². The molecule has 1 saturated heterocycles. The van der Waals surface area contributed by atoms with Gasteiger partial charge in [-0.15, -0.1) is 0 Å². The van der Waals surface area contributed by atoms with Crippen LogP contribution in [0.15, 0.2) is 18.2 Å². The molecule has 0 N–H and O–H groups in total. The zero-order valence-electron chi connectivity index (χ0n) is 12.3. The lowest BCUT2D eigenvalue weighted by molar-refractivity contribution is -0.135. The quantitative estimate of drug-likeness (QED) is 0.843. The molecule has 1 heterocycles. The number of rotatable bonds is 4. The van der Waals surface area contributed by atoms with Gasteiger partial charge in [-0.3, -0.25) is 9.59 Å². The lowest BCUT2D eigenvalue weighted by atomic mass is 10.2.